The molecular weight excluding hydrogens is 1090 g/mol. The molecule has 20 heteroatoms. The molecule has 0 aliphatic heterocycles. The van der Waals surface area contributed by atoms with Crippen LogP contribution in [0, 0.1) is 21.7 Å². The van der Waals surface area contributed by atoms with Gasteiger partial charge >= 0.3 is 0 Å². The Morgan fingerprint density at radius 1 is 0.312 bits per heavy atom. The molecule has 0 spiro atoms. The van der Waals surface area contributed by atoms with Gasteiger partial charge in [-0.1, -0.05) is 178 Å². The number of benzene rings is 4. The molecule has 0 aliphatic carbocycles. The number of nitrogens with zero attached hydrogens (tertiary/aromatic N) is 12. The highest BCUT2D eigenvalue weighted by atomic mass is 35.5. The molecule has 4 aromatic heterocycles. The standard InChI is InChI=1S/4C15H20ClN3O/c4*1-15(2,3)14(20)13(19-10-17-9-18-19)8-11-4-6-12(16)7-5-11/h4*4-7,9-10,13-14,20H,8H2,1-3H3/t4*13-,14+/m0000/s1. The summed E-state index contributed by atoms with van der Waals surface area (Å²) in [6.45, 7) is 24.2. The second-order valence-electron chi connectivity index (χ2n) is 24.3. The van der Waals surface area contributed by atoms with Crippen LogP contribution in [0.5, 0.6) is 0 Å². The lowest BCUT2D eigenvalue weighted by Crippen LogP contribution is -2.37. The van der Waals surface area contributed by atoms with Crippen LogP contribution in [0.1, 0.15) is 130 Å². The molecule has 0 amide bonds. The van der Waals surface area contributed by atoms with Crippen LogP contribution < -0.4 is 0 Å². The summed E-state index contributed by atoms with van der Waals surface area (Å²) in [5.41, 5.74) is 3.51. The van der Waals surface area contributed by atoms with Gasteiger partial charge < -0.3 is 20.4 Å². The Kier molecular flexibility index (Phi) is 24.0. The molecule has 432 valence electrons. The molecule has 0 radical (unpaired) electrons. The topological polar surface area (TPSA) is 204 Å². The lowest BCUT2D eigenvalue weighted by atomic mass is 9.82. The molecule has 80 heavy (non-hydrogen) atoms. The first-order chi connectivity index (χ1) is 37.5. The Bertz CT molecular complexity index is 2530. The summed E-state index contributed by atoms with van der Waals surface area (Å²) >= 11 is 23.6. The van der Waals surface area contributed by atoms with Crippen molar-refractivity contribution in [1.82, 2.24) is 59.1 Å². The monoisotopic (exact) mass is 1170 g/mol. The summed E-state index contributed by atoms with van der Waals surface area (Å²) in [7, 11) is 0. The van der Waals surface area contributed by atoms with E-state index >= 15 is 0 Å². The fourth-order valence-electron chi connectivity index (χ4n) is 8.71. The summed E-state index contributed by atoms with van der Waals surface area (Å²) < 4.78 is 6.91. The predicted molar refractivity (Wildman–Crippen MR) is 319 cm³/mol. The Morgan fingerprint density at radius 2 is 0.475 bits per heavy atom. The van der Waals surface area contributed by atoms with E-state index < -0.39 is 24.4 Å². The predicted octanol–water partition coefficient (Wildman–Crippen LogP) is 12.5. The maximum Gasteiger partial charge on any atom is 0.137 e. The fraction of sp³-hybridized carbons (Fsp3) is 0.467. The molecule has 0 saturated carbocycles. The zero-order valence-corrected chi connectivity index (χ0v) is 51.0. The SMILES string of the molecule is CC(C)(C)[C@H](O)[C@H](Cc1ccc(Cl)cc1)n1cncn1.CC(C)(C)[C@H](O)[C@H](Cc1ccc(Cl)cc1)n1cncn1.CC(C)(C)[C@H](O)[C@H](Cc1ccc(Cl)cc1)n1cncn1.CC(C)(C)[C@H](O)[C@H](Cc1ccc(Cl)cc1)n1cncn1. The summed E-state index contributed by atoms with van der Waals surface area (Å²) in [5, 5.41) is 62.1. The number of hydrogen-bond acceptors (Lipinski definition) is 12. The normalized spacial score (nSPS) is 15.1. The molecule has 0 bridgehead atoms. The van der Waals surface area contributed by atoms with Gasteiger partial charge in [-0.2, -0.15) is 20.4 Å². The first-order valence-corrected chi connectivity index (χ1v) is 28.1. The third-order valence-corrected chi connectivity index (χ3v) is 14.6. The summed E-state index contributed by atoms with van der Waals surface area (Å²) in [6.07, 6.45) is 13.2. The molecule has 8 rings (SSSR count). The van der Waals surface area contributed by atoms with Crippen molar-refractivity contribution in [2.24, 2.45) is 21.7 Å². The van der Waals surface area contributed by atoms with Gasteiger partial charge in [0.15, 0.2) is 0 Å². The second-order valence-corrected chi connectivity index (χ2v) is 26.1. The van der Waals surface area contributed by atoms with Crippen molar-refractivity contribution in [3.05, 3.63) is 190 Å². The van der Waals surface area contributed by atoms with Gasteiger partial charge in [-0.15, -0.1) is 0 Å². The summed E-state index contributed by atoms with van der Waals surface area (Å²) in [6, 6.07) is 30.1. The van der Waals surface area contributed by atoms with Crippen molar-refractivity contribution in [2.45, 2.75) is 157 Å². The van der Waals surface area contributed by atoms with Gasteiger partial charge in [0.2, 0.25) is 0 Å². The zero-order chi connectivity index (χ0) is 59.0. The lowest BCUT2D eigenvalue weighted by Gasteiger charge is -2.33. The van der Waals surface area contributed by atoms with Crippen LogP contribution in [0.15, 0.2) is 148 Å². The van der Waals surface area contributed by atoms with Crippen LogP contribution >= 0.6 is 46.4 Å². The maximum atomic E-state index is 10.6. The van der Waals surface area contributed by atoms with Gasteiger partial charge in [0.05, 0.1) is 48.6 Å². The van der Waals surface area contributed by atoms with Gasteiger partial charge in [-0.25, -0.2) is 38.7 Å². The molecule has 0 saturated heterocycles. The quantitative estimate of drug-likeness (QED) is 0.0714. The molecule has 16 nitrogen and oxygen atoms in total. The van der Waals surface area contributed by atoms with Gasteiger partial charge in [0.1, 0.15) is 50.6 Å². The van der Waals surface area contributed by atoms with E-state index in [4.69, 9.17) is 46.4 Å². The molecule has 4 N–H and O–H groups in total. The van der Waals surface area contributed by atoms with Crippen molar-refractivity contribution < 1.29 is 20.4 Å². The van der Waals surface area contributed by atoms with Crippen LogP contribution in [-0.2, 0) is 25.7 Å². The largest absolute Gasteiger partial charge is 0.390 e. The van der Waals surface area contributed by atoms with E-state index in [-0.39, 0.29) is 45.8 Å². The zero-order valence-electron chi connectivity index (χ0n) is 48.0. The van der Waals surface area contributed by atoms with Crippen molar-refractivity contribution in [3.8, 4) is 0 Å². The molecule has 8 aromatic rings. The molecule has 4 aromatic carbocycles. The van der Waals surface area contributed by atoms with Gasteiger partial charge in [-0.3, -0.25) is 0 Å². The van der Waals surface area contributed by atoms with Crippen LogP contribution in [0.4, 0.5) is 0 Å². The first-order valence-electron chi connectivity index (χ1n) is 26.6. The van der Waals surface area contributed by atoms with Gasteiger partial charge in [0.25, 0.3) is 0 Å². The van der Waals surface area contributed by atoms with E-state index in [1.807, 2.05) is 180 Å². The maximum absolute atomic E-state index is 10.6. The average Bonchev–Trinajstić information content (AvgIpc) is 4.27. The van der Waals surface area contributed by atoms with E-state index in [1.165, 1.54) is 25.3 Å². The third kappa shape index (κ3) is 20.5. The second kappa shape index (κ2) is 29.4. The highest BCUT2D eigenvalue weighted by Crippen LogP contribution is 2.34. The van der Waals surface area contributed by atoms with Crippen molar-refractivity contribution in [3.63, 3.8) is 0 Å². The van der Waals surface area contributed by atoms with Crippen LogP contribution in [-0.4, -0.2) is 104 Å². The number of aliphatic hydroxyl groups excluding tert-OH is 4. The Labute approximate surface area is 492 Å². The highest BCUT2D eigenvalue weighted by Gasteiger charge is 2.35. The number of aliphatic hydroxyl groups is 4. The summed E-state index contributed by atoms with van der Waals surface area (Å²) in [5.74, 6) is 0. The van der Waals surface area contributed by atoms with E-state index in [0.29, 0.717) is 45.8 Å². The minimum absolute atomic E-state index is 0.154. The van der Waals surface area contributed by atoms with Gasteiger partial charge in [0, 0.05) is 20.1 Å². The minimum atomic E-state index is -0.528. The molecule has 0 unspecified atom stereocenters. The smallest absolute Gasteiger partial charge is 0.137 e. The Balaban J connectivity index is 0.000000196. The number of rotatable bonds is 16. The summed E-state index contributed by atoms with van der Waals surface area (Å²) in [4.78, 5) is 15.9. The van der Waals surface area contributed by atoms with E-state index in [1.54, 1.807) is 44.0 Å². The molecule has 0 fully saturated rings. The molecule has 0 aliphatic rings. The van der Waals surface area contributed by atoms with Gasteiger partial charge in [-0.05, 0) is 118 Å². The minimum Gasteiger partial charge on any atom is -0.390 e. The highest BCUT2D eigenvalue weighted by molar-refractivity contribution is 6.31. The van der Waals surface area contributed by atoms with Crippen LogP contribution in [0.3, 0.4) is 0 Å². The average molecular weight is 1180 g/mol. The lowest BCUT2D eigenvalue weighted by molar-refractivity contribution is 0.0124. The first kappa shape index (κ1) is 65.3. The Morgan fingerprint density at radius 3 is 0.600 bits per heavy atom. The Hall–Kier alpha value is -5.56. The number of halogens is 4. The molecule has 4 heterocycles. The van der Waals surface area contributed by atoms with E-state index in [2.05, 4.69) is 40.3 Å². The van der Waals surface area contributed by atoms with Crippen LogP contribution in [0.2, 0.25) is 20.1 Å². The number of aromatic nitrogens is 12. The number of hydrogen-bond donors (Lipinski definition) is 4. The molecular formula is C60H80Cl4N12O4. The van der Waals surface area contributed by atoms with Crippen molar-refractivity contribution in [2.75, 3.05) is 0 Å². The van der Waals surface area contributed by atoms with E-state index in [9.17, 15) is 20.4 Å². The molecule has 8 atom stereocenters. The van der Waals surface area contributed by atoms with E-state index in [0.717, 1.165) is 22.3 Å². The van der Waals surface area contributed by atoms with Crippen LogP contribution in [0.25, 0.3) is 0 Å². The third-order valence-electron chi connectivity index (χ3n) is 13.5. The van der Waals surface area contributed by atoms with Crippen molar-refractivity contribution >= 4 is 46.4 Å². The fourth-order valence-corrected chi connectivity index (χ4v) is 9.21. The van der Waals surface area contributed by atoms with Crippen molar-refractivity contribution in [1.29, 1.82) is 0 Å².